The second kappa shape index (κ2) is 10.8. The first-order chi connectivity index (χ1) is 14.3. The summed E-state index contributed by atoms with van der Waals surface area (Å²) >= 11 is 0. The van der Waals surface area contributed by atoms with Crippen molar-refractivity contribution in [1.82, 2.24) is 10.6 Å². The number of anilines is 1. The number of hydrogen-bond acceptors (Lipinski definition) is 4. The predicted octanol–water partition coefficient (Wildman–Crippen LogP) is 2.38. The quantitative estimate of drug-likeness (QED) is 0.426. The van der Waals surface area contributed by atoms with Crippen molar-refractivity contribution in [2.45, 2.75) is 12.8 Å². The van der Waals surface area contributed by atoms with E-state index in [0.29, 0.717) is 23.8 Å². The van der Waals surface area contributed by atoms with E-state index in [1.807, 2.05) is 5.32 Å². The minimum Gasteiger partial charge on any atom is -0.497 e. The fourth-order valence-electron chi connectivity index (χ4n) is 2.38. The maximum Gasteiger partial charge on any atom is 0.251 e. The van der Waals surface area contributed by atoms with Gasteiger partial charge in [0.2, 0.25) is 11.8 Å². The predicted molar refractivity (Wildman–Crippen MR) is 103 cm³/mol. The molecule has 0 saturated heterocycles. The molecule has 0 fully saturated rings. The van der Waals surface area contributed by atoms with Crippen LogP contribution in [0.15, 0.2) is 36.4 Å². The van der Waals surface area contributed by atoms with E-state index in [1.165, 1.54) is 7.11 Å². The average Bonchev–Trinajstić information content (AvgIpc) is 2.75. The second-order valence-electron chi connectivity index (χ2n) is 6.14. The Hall–Kier alpha value is -3.56. The Morgan fingerprint density at radius 3 is 2.27 bits per heavy atom. The van der Waals surface area contributed by atoms with Gasteiger partial charge < -0.3 is 20.7 Å². The molecule has 160 valence electrons. The summed E-state index contributed by atoms with van der Waals surface area (Å²) in [4.78, 5) is 35.4. The zero-order chi connectivity index (χ0) is 22.1. The van der Waals surface area contributed by atoms with Gasteiger partial charge >= 0.3 is 0 Å². The number of halogens is 3. The lowest BCUT2D eigenvalue weighted by Crippen LogP contribution is -2.33. The molecule has 0 unspecified atom stereocenters. The number of nitrogens with one attached hydrogen (secondary N) is 3. The van der Waals surface area contributed by atoms with Crippen molar-refractivity contribution < 1.29 is 32.3 Å². The Kier molecular flexibility index (Phi) is 8.21. The molecule has 0 aliphatic carbocycles. The molecule has 0 aromatic heterocycles. The molecule has 10 heteroatoms. The first kappa shape index (κ1) is 22.7. The highest BCUT2D eigenvalue weighted by molar-refractivity contribution is 5.95. The van der Waals surface area contributed by atoms with Crippen molar-refractivity contribution in [2.24, 2.45) is 0 Å². The zero-order valence-corrected chi connectivity index (χ0v) is 16.1. The molecule has 2 aromatic carbocycles. The maximum atomic E-state index is 13.5. The standard InChI is InChI=1S/C20H20F3N3O4/c1-30-13-6-4-12(5-7-13)20(29)24-10-2-3-16(27)25-11-17(28)26-15-9-8-14(21)18(22)19(15)23/h4-9H,2-3,10-11H2,1H3,(H,24,29)(H,25,27)(H,26,28). The Bertz CT molecular complexity index is 920. The summed E-state index contributed by atoms with van der Waals surface area (Å²) in [6.45, 7) is -0.236. The minimum atomic E-state index is -1.70. The van der Waals surface area contributed by atoms with Gasteiger partial charge in [-0.25, -0.2) is 13.2 Å². The average molecular weight is 423 g/mol. The normalized spacial score (nSPS) is 10.3. The van der Waals surface area contributed by atoms with Crippen molar-refractivity contribution in [3.63, 3.8) is 0 Å². The van der Waals surface area contributed by atoms with Crippen LogP contribution < -0.4 is 20.7 Å². The lowest BCUT2D eigenvalue weighted by atomic mass is 10.2. The summed E-state index contributed by atoms with van der Waals surface area (Å²) in [6.07, 6.45) is 0.364. The van der Waals surface area contributed by atoms with E-state index in [4.69, 9.17) is 4.74 Å². The van der Waals surface area contributed by atoms with Gasteiger partial charge in [0, 0.05) is 18.5 Å². The highest BCUT2D eigenvalue weighted by Gasteiger charge is 2.15. The van der Waals surface area contributed by atoms with Crippen LogP contribution in [0, 0.1) is 17.5 Å². The monoisotopic (exact) mass is 423 g/mol. The summed E-state index contributed by atoms with van der Waals surface area (Å²) in [6, 6.07) is 8.07. The van der Waals surface area contributed by atoms with Gasteiger partial charge in [-0.3, -0.25) is 14.4 Å². The number of amides is 3. The highest BCUT2D eigenvalue weighted by Crippen LogP contribution is 2.19. The topological polar surface area (TPSA) is 96.5 Å². The van der Waals surface area contributed by atoms with E-state index in [-0.39, 0.29) is 18.9 Å². The molecule has 3 N–H and O–H groups in total. The van der Waals surface area contributed by atoms with E-state index >= 15 is 0 Å². The molecular weight excluding hydrogens is 403 g/mol. The third-order valence-electron chi connectivity index (χ3n) is 3.97. The van der Waals surface area contributed by atoms with E-state index in [9.17, 15) is 27.6 Å². The van der Waals surface area contributed by atoms with Crippen LogP contribution in [0.5, 0.6) is 5.75 Å². The fraction of sp³-hybridized carbons (Fsp3) is 0.250. The van der Waals surface area contributed by atoms with Gasteiger partial charge in [-0.15, -0.1) is 0 Å². The molecular formula is C20H20F3N3O4. The summed E-state index contributed by atoms with van der Waals surface area (Å²) in [5.74, 6) is -5.55. The Morgan fingerprint density at radius 1 is 0.900 bits per heavy atom. The molecule has 0 bridgehead atoms. The molecule has 0 atom stereocenters. The van der Waals surface area contributed by atoms with Crippen LogP contribution in [-0.2, 0) is 9.59 Å². The Balaban J connectivity index is 1.66. The number of ether oxygens (including phenoxy) is 1. The lowest BCUT2D eigenvalue weighted by molar-refractivity contribution is -0.124. The molecule has 0 heterocycles. The van der Waals surface area contributed by atoms with Crippen LogP contribution in [0.2, 0.25) is 0 Å². The number of hydrogen-bond donors (Lipinski definition) is 3. The first-order valence-electron chi connectivity index (χ1n) is 8.94. The zero-order valence-electron chi connectivity index (χ0n) is 16.1. The van der Waals surface area contributed by atoms with E-state index in [0.717, 1.165) is 6.07 Å². The van der Waals surface area contributed by atoms with Gasteiger partial charge in [0.1, 0.15) is 5.75 Å². The van der Waals surface area contributed by atoms with E-state index in [2.05, 4.69) is 10.6 Å². The molecule has 0 aliphatic heterocycles. The molecule has 3 amide bonds. The molecule has 0 radical (unpaired) electrons. The van der Waals surface area contributed by atoms with Gasteiger partial charge in [0.15, 0.2) is 17.5 Å². The van der Waals surface area contributed by atoms with Gasteiger partial charge in [0.05, 0.1) is 19.3 Å². The third-order valence-corrected chi connectivity index (χ3v) is 3.97. The largest absolute Gasteiger partial charge is 0.497 e. The Morgan fingerprint density at radius 2 is 1.60 bits per heavy atom. The second-order valence-corrected chi connectivity index (χ2v) is 6.14. The summed E-state index contributed by atoms with van der Waals surface area (Å²) in [5.41, 5.74) is -0.0872. The molecule has 2 rings (SSSR count). The van der Waals surface area contributed by atoms with Gasteiger partial charge in [0.25, 0.3) is 5.91 Å². The molecule has 0 saturated carbocycles. The van der Waals surface area contributed by atoms with Crippen molar-refractivity contribution in [3.05, 3.63) is 59.4 Å². The lowest BCUT2D eigenvalue weighted by Gasteiger charge is -2.09. The number of carbonyl (C=O) groups excluding carboxylic acids is 3. The van der Waals surface area contributed by atoms with Crippen molar-refractivity contribution >= 4 is 23.4 Å². The molecule has 0 spiro atoms. The van der Waals surface area contributed by atoms with Gasteiger partial charge in [-0.1, -0.05) is 0 Å². The summed E-state index contributed by atoms with van der Waals surface area (Å²) in [7, 11) is 1.52. The molecule has 30 heavy (non-hydrogen) atoms. The SMILES string of the molecule is COc1ccc(C(=O)NCCCC(=O)NCC(=O)Nc2ccc(F)c(F)c2F)cc1. The molecule has 2 aromatic rings. The molecule has 7 nitrogen and oxygen atoms in total. The number of benzene rings is 2. The summed E-state index contributed by atoms with van der Waals surface area (Å²) in [5, 5.41) is 7.01. The van der Waals surface area contributed by atoms with Crippen LogP contribution in [0.4, 0.5) is 18.9 Å². The van der Waals surface area contributed by atoms with Crippen LogP contribution in [0.1, 0.15) is 23.2 Å². The fourth-order valence-corrected chi connectivity index (χ4v) is 2.38. The number of rotatable bonds is 9. The molecule has 0 aliphatic rings. The van der Waals surface area contributed by atoms with Crippen LogP contribution in [0.25, 0.3) is 0 Å². The first-order valence-corrected chi connectivity index (χ1v) is 8.94. The van der Waals surface area contributed by atoms with Crippen LogP contribution in [0.3, 0.4) is 0 Å². The highest BCUT2D eigenvalue weighted by atomic mass is 19.2. The Labute approximate surface area is 170 Å². The van der Waals surface area contributed by atoms with E-state index < -0.39 is 41.5 Å². The number of carbonyl (C=O) groups is 3. The van der Waals surface area contributed by atoms with Gasteiger partial charge in [-0.05, 0) is 42.8 Å². The van der Waals surface area contributed by atoms with Crippen molar-refractivity contribution in [2.75, 3.05) is 25.5 Å². The minimum absolute atomic E-state index is 0.0374. The smallest absolute Gasteiger partial charge is 0.251 e. The summed E-state index contributed by atoms with van der Waals surface area (Å²) < 4.78 is 44.5. The van der Waals surface area contributed by atoms with E-state index in [1.54, 1.807) is 24.3 Å². The van der Waals surface area contributed by atoms with Crippen molar-refractivity contribution in [1.29, 1.82) is 0 Å². The van der Waals surface area contributed by atoms with Crippen molar-refractivity contribution in [3.8, 4) is 5.75 Å². The van der Waals surface area contributed by atoms with Crippen LogP contribution in [-0.4, -0.2) is 37.9 Å². The third kappa shape index (κ3) is 6.50. The maximum absolute atomic E-state index is 13.5. The number of methoxy groups -OCH3 is 1. The van der Waals surface area contributed by atoms with Gasteiger partial charge in [-0.2, -0.15) is 0 Å². The van der Waals surface area contributed by atoms with Crippen LogP contribution >= 0.6 is 0 Å².